The lowest BCUT2D eigenvalue weighted by Crippen LogP contribution is -2.65. The average molecular weight is 1460 g/mol. The minimum absolute atomic E-state index is 0.0189. The number of nitrogens with zero attached hydrogens (tertiary/aromatic N) is 9. The molecule has 2 aliphatic heterocycles. The first kappa shape index (κ1) is 83.0. The van der Waals surface area contributed by atoms with Crippen molar-refractivity contribution in [3.8, 4) is 0 Å². The van der Waals surface area contributed by atoms with E-state index in [1.165, 1.54) is 82.9 Å². The number of hydrogen-bond acceptors (Lipinski definition) is 12. The quantitative estimate of drug-likeness (QED) is 0.196. The topological polar surface area (TPSA) is 270 Å². The van der Waals surface area contributed by atoms with Crippen LogP contribution >= 0.6 is 23.2 Å². The molecule has 2 saturated heterocycles. The second-order valence-electron chi connectivity index (χ2n) is 30.3. The van der Waals surface area contributed by atoms with Crippen LogP contribution < -0.4 is 16.0 Å². The van der Waals surface area contributed by atoms with Gasteiger partial charge in [0.25, 0.3) is 0 Å². The molecule has 6 aliphatic rings. The molecule has 0 radical (unpaired) electrons. The van der Waals surface area contributed by atoms with Gasteiger partial charge in [0, 0.05) is 80.2 Å². The smallest absolute Gasteiger partial charge is 0.343 e. The van der Waals surface area contributed by atoms with Crippen molar-refractivity contribution < 1.29 is 70.7 Å². The van der Waals surface area contributed by atoms with E-state index in [2.05, 4.69) is 16.0 Å². The maximum absolute atomic E-state index is 15.6. The van der Waals surface area contributed by atoms with E-state index in [-0.39, 0.29) is 69.6 Å². The van der Waals surface area contributed by atoms with Crippen molar-refractivity contribution in [3.63, 3.8) is 0 Å². The Morgan fingerprint density at radius 3 is 1.76 bits per heavy atom. The molecule has 4 saturated carbocycles. The van der Waals surface area contributed by atoms with Gasteiger partial charge in [-0.15, -0.1) is 23.2 Å². The molecule has 0 aromatic heterocycles. The first-order chi connectivity index (χ1) is 46.9. The SMILES string of the molecule is CC[C@H](C)[C@@H]1NC(=O)[C@H](C)N(C)C(=O)C[C@@H](C(=O)N2CCCC2)N(C)C(=O)[C@H](C(C)C)N(C)C(=O)C2(CCCC2)NC(=O)[C@H](CC2CCCCC2Cl)N(C)C(=O)[C@H](CCC2CCC(C(F)(F)F)C(Cl)C2)NC(=O)CN(C)C(=O)[C@H](CC2CCCCC2)N(C)C(=O)CN(C)C(=O)CN(C)C1=O. The maximum atomic E-state index is 15.6. The molecule has 100 heavy (non-hydrogen) atoms. The second-order valence-corrected chi connectivity index (χ2v) is 31.5. The molecule has 13 atom stereocenters. The third kappa shape index (κ3) is 21.1. The number of hydrogen-bond donors (Lipinski definition) is 3. The zero-order valence-corrected chi connectivity index (χ0v) is 63.0. The number of halogens is 5. The summed E-state index contributed by atoms with van der Waals surface area (Å²) >= 11 is 13.5. The van der Waals surface area contributed by atoms with Crippen LogP contribution in [0.15, 0.2) is 0 Å². The summed E-state index contributed by atoms with van der Waals surface area (Å²) in [5, 5.41) is 7.08. The van der Waals surface area contributed by atoms with Gasteiger partial charge in [-0.3, -0.25) is 57.5 Å². The lowest BCUT2D eigenvalue weighted by atomic mass is 9.78. The molecule has 2 heterocycles. The predicted molar refractivity (Wildman–Crippen MR) is 372 cm³/mol. The van der Waals surface area contributed by atoms with E-state index >= 15 is 19.2 Å². The van der Waals surface area contributed by atoms with E-state index < -0.39 is 185 Å². The highest BCUT2D eigenvalue weighted by Crippen LogP contribution is 2.44. The Kier molecular flexibility index (Phi) is 30.6. The van der Waals surface area contributed by atoms with Gasteiger partial charge in [-0.05, 0) is 120 Å². The number of rotatable bonds is 11. The number of carbonyl (C=O) groups is 12. The van der Waals surface area contributed by atoms with E-state index in [0.29, 0.717) is 58.0 Å². The van der Waals surface area contributed by atoms with Crippen LogP contribution in [0.3, 0.4) is 0 Å². The summed E-state index contributed by atoms with van der Waals surface area (Å²) in [7, 11) is 11.2. The Balaban J connectivity index is 1.43. The van der Waals surface area contributed by atoms with Gasteiger partial charge in [-0.25, -0.2) is 0 Å². The van der Waals surface area contributed by atoms with Crippen LogP contribution in [0.1, 0.15) is 189 Å². The van der Waals surface area contributed by atoms with E-state index in [1.807, 2.05) is 6.92 Å². The minimum Gasteiger partial charge on any atom is -0.343 e. The van der Waals surface area contributed by atoms with Crippen molar-refractivity contribution in [3.05, 3.63) is 0 Å². The zero-order chi connectivity index (χ0) is 74.4. The summed E-state index contributed by atoms with van der Waals surface area (Å²) in [4.78, 5) is 189. The van der Waals surface area contributed by atoms with Crippen molar-refractivity contribution in [1.29, 1.82) is 0 Å². The molecule has 1 spiro atoms. The Morgan fingerprint density at radius 1 is 0.570 bits per heavy atom. The van der Waals surface area contributed by atoms with Crippen LogP contribution in [0, 0.1) is 35.5 Å². The standard InChI is InChI=1S/C71H115Cl2F3N12O12/c1-14-44(4)60-67(98)82(8)41-58(91)80(6)42-59(92)84(10)54(37-46-24-16-15-17-25-46)65(96)81(7)40-56(89)77-52(31-29-47-28-30-49(51(73)36-47)71(74,75)76)64(95)85(11)53(38-48-26-18-19-27-50(48)72)63(94)79-70(32-20-21-33-70)69(100)87(13)61(43(2)3)68(99)86(12)55(66(97)88-34-22-23-35-88)39-57(90)83(9)45(5)62(93)78-60/h43-55,60-61H,14-42H2,1-13H3,(H,77,89)(H,78,93)(H,79,94)/t44-,45-,47?,48?,49?,50?,51?,52-,53-,54-,55-,60-,61-/m0/s1. The molecule has 5 unspecified atom stereocenters. The van der Waals surface area contributed by atoms with E-state index in [0.717, 1.165) is 64.5 Å². The largest absolute Gasteiger partial charge is 0.393 e. The summed E-state index contributed by atoms with van der Waals surface area (Å²) < 4.78 is 42.2. The fourth-order valence-corrected chi connectivity index (χ4v) is 16.7. The molecule has 4 aliphatic carbocycles. The highest BCUT2D eigenvalue weighted by molar-refractivity contribution is 6.21. The lowest BCUT2D eigenvalue weighted by Gasteiger charge is -2.42. The maximum Gasteiger partial charge on any atom is 0.393 e. The number of likely N-dealkylation sites (tertiary alicyclic amines) is 1. The molecule has 3 N–H and O–H groups in total. The van der Waals surface area contributed by atoms with Crippen molar-refractivity contribution in [2.24, 2.45) is 35.5 Å². The van der Waals surface area contributed by atoms with Gasteiger partial charge in [-0.1, -0.05) is 91.9 Å². The molecule has 6 fully saturated rings. The number of nitrogens with one attached hydrogen (secondary N) is 3. The van der Waals surface area contributed by atoms with Crippen molar-refractivity contribution in [2.75, 3.05) is 89.1 Å². The molecule has 29 heteroatoms. The lowest BCUT2D eigenvalue weighted by molar-refractivity contribution is -0.182. The summed E-state index contributed by atoms with van der Waals surface area (Å²) in [6.07, 6.45) is 5.24. The molecular weight excluding hydrogens is 1340 g/mol. The van der Waals surface area contributed by atoms with Crippen LogP contribution in [-0.4, -0.2) is 269 Å². The first-order valence-electron chi connectivity index (χ1n) is 36.6. The number of likely N-dealkylation sites (N-methyl/N-ethyl adjacent to an activating group) is 8. The fraction of sp³-hybridized carbons (Fsp3) is 0.831. The van der Waals surface area contributed by atoms with Gasteiger partial charge in [0.1, 0.15) is 47.8 Å². The number of amides is 12. The molecule has 12 amide bonds. The van der Waals surface area contributed by atoms with Gasteiger partial charge in [0.2, 0.25) is 70.9 Å². The molecule has 0 bridgehead atoms. The highest BCUT2D eigenvalue weighted by Gasteiger charge is 2.51. The Morgan fingerprint density at radius 2 is 1.17 bits per heavy atom. The molecule has 0 aromatic rings. The van der Waals surface area contributed by atoms with Crippen LogP contribution in [-0.2, 0) is 57.5 Å². The molecular formula is C71H115Cl2F3N12O12. The first-order valence-corrected chi connectivity index (χ1v) is 37.4. The van der Waals surface area contributed by atoms with Crippen LogP contribution in [0.4, 0.5) is 13.2 Å². The van der Waals surface area contributed by atoms with Crippen molar-refractivity contribution >= 4 is 94.1 Å². The summed E-state index contributed by atoms with van der Waals surface area (Å²) in [6, 6.07) is -8.99. The van der Waals surface area contributed by atoms with Crippen LogP contribution in [0.2, 0.25) is 0 Å². The van der Waals surface area contributed by atoms with Gasteiger partial charge < -0.3 is 60.0 Å². The highest BCUT2D eigenvalue weighted by atomic mass is 35.5. The fourth-order valence-electron chi connectivity index (χ4n) is 15.8. The third-order valence-electron chi connectivity index (χ3n) is 22.9. The average Bonchev–Trinajstić information content (AvgIpc) is 1.45. The molecule has 0 aromatic carbocycles. The Bertz CT molecular complexity index is 2900. The third-order valence-corrected chi connectivity index (χ3v) is 23.9. The van der Waals surface area contributed by atoms with Crippen molar-refractivity contribution in [1.82, 2.24) is 60.0 Å². The molecule has 566 valence electrons. The summed E-state index contributed by atoms with van der Waals surface area (Å²) in [5.74, 6) is -11.5. The van der Waals surface area contributed by atoms with Gasteiger partial charge in [-0.2, -0.15) is 13.2 Å². The van der Waals surface area contributed by atoms with E-state index in [1.54, 1.807) is 25.7 Å². The number of alkyl halides is 5. The Labute approximate surface area is 600 Å². The normalized spacial score (nSPS) is 30.8. The van der Waals surface area contributed by atoms with Crippen LogP contribution in [0.5, 0.6) is 0 Å². The second kappa shape index (κ2) is 36.9. The molecule has 24 nitrogen and oxygen atoms in total. The zero-order valence-electron chi connectivity index (χ0n) is 61.5. The predicted octanol–water partition coefficient (Wildman–Crippen LogP) is 6.17. The van der Waals surface area contributed by atoms with Gasteiger partial charge in [0.15, 0.2) is 0 Å². The van der Waals surface area contributed by atoms with E-state index in [4.69, 9.17) is 23.2 Å². The van der Waals surface area contributed by atoms with Gasteiger partial charge in [0.05, 0.1) is 32.0 Å². The summed E-state index contributed by atoms with van der Waals surface area (Å²) in [5.41, 5.74) is -1.63. The summed E-state index contributed by atoms with van der Waals surface area (Å²) in [6.45, 7) is 7.51. The monoisotopic (exact) mass is 1450 g/mol. The Hall–Kier alpha value is -5.99. The number of carbonyl (C=O) groups excluding carboxylic acids is 12. The van der Waals surface area contributed by atoms with Gasteiger partial charge >= 0.3 is 6.18 Å². The van der Waals surface area contributed by atoms with Crippen molar-refractivity contribution in [2.45, 2.75) is 253 Å². The van der Waals surface area contributed by atoms with Crippen LogP contribution in [0.25, 0.3) is 0 Å². The molecule has 6 rings (SSSR count). The van der Waals surface area contributed by atoms with E-state index in [9.17, 15) is 51.5 Å². The minimum atomic E-state index is -4.53.